The normalized spacial score (nSPS) is 11.6. The molecule has 0 aliphatic rings. The number of hydrogen-bond donors (Lipinski definition) is 2. The minimum absolute atomic E-state index is 0.152. The van der Waals surface area contributed by atoms with E-state index < -0.39 is 27.8 Å². The maximum atomic E-state index is 12.9. The summed E-state index contributed by atoms with van der Waals surface area (Å²) in [4.78, 5) is 10.3. The molecule has 6 nitrogen and oxygen atoms in total. The van der Waals surface area contributed by atoms with Gasteiger partial charge in [0.1, 0.15) is 0 Å². The fraction of sp³-hybridized carbons (Fsp3) is 0.300. The van der Waals surface area contributed by atoms with Crippen molar-refractivity contribution in [1.29, 1.82) is 0 Å². The molecule has 0 heterocycles. The van der Waals surface area contributed by atoms with Gasteiger partial charge >= 0.3 is 16.2 Å². The minimum atomic E-state index is -4.01. The molecule has 19 heavy (non-hydrogen) atoms. The van der Waals surface area contributed by atoms with Crippen LogP contribution in [0.5, 0.6) is 0 Å². The molecular formula is C10H12F2N2O4S. The van der Waals surface area contributed by atoms with Gasteiger partial charge in [-0.05, 0) is 12.1 Å². The Hall–Kier alpha value is -1.74. The molecule has 106 valence electrons. The second-order valence-electron chi connectivity index (χ2n) is 3.70. The highest BCUT2D eigenvalue weighted by Crippen LogP contribution is 2.15. The first kappa shape index (κ1) is 15.3. The monoisotopic (exact) mass is 294 g/mol. The number of nitrogens with zero attached hydrogens (tertiary/aromatic N) is 1. The summed E-state index contributed by atoms with van der Waals surface area (Å²) in [5.41, 5.74) is -0.152. The van der Waals surface area contributed by atoms with Crippen LogP contribution in [0, 0.1) is 11.6 Å². The summed E-state index contributed by atoms with van der Waals surface area (Å²) in [5.74, 6) is -3.43. The topological polar surface area (TPSA) is 86.7 Å². The molecule has 0 radical (unpaired) electrons. The third-order valence-corrected chi connectivity index (χ3v) is 3.71. The lowest BCUT2D eigenvalue weighted by atomic mass is 10.3. The molecule has 1 rings (SSSR count). The Bertz CT molecular complexity index is 577. The van der Waals surface area contributed by atoms with E-state index in [0.717, 1.165) is 16.4 Å². The summed E-state index contributed by atoms with van der Waals surface area (Å²) >= 11 is 0. The molecule has 0 unspecified atom stereocenters. The number of anilines is 1. The van der Waals surface area contributed by atoms with E-state index in [2.05, 4.69) is 0 Å². The van der Waals surface area contributed by atoms with E-state index in [1.807, 2.05) is 4.72 Å². The van der Waals surface area contributed by atoms with Crippen molar-refractivity contribution in [3.63, 3.8) is 0 Å². The van der Waals surface area contributed by atoms with Crippen molar-refractivity contribution in [3.05, 3.63) is 29.8 Å². The first-order valence-corrected chi connectivity index (χ1v) is 6.57. The highest BCUT2D eigenvalue weighted by atomic mass is 32.2. The van der Waals surface area contributed by atoms with Crippen molar-refractivity contribution < 1.29 is 27.1 Å². The zero-order valence-corrected chi connectivity index (χ0v) is 10.7. The Kier molecular flexibility index (Phi) is 4.78. The summed E-state index contributed by atoms with van der Waals surface area (Å²) in [6.07, 6.45) is -0.366. The van der Waals surface area contributed by atoms with E-state index in [1.165, 1.54) is 7.05 Å². The molecule has 0 aliphatic carbocycles. The van der Waals surface area contributed by atoms with Gasteiger partial charge in [-0.2, -0.15) is 12.7 Å². The molecule has 0 fully saturated rings. The Balaban J connectivity index is 2.78. The van der Waals surface area contributed by atoms with Gasteiger partial charge in [-0.1, -0.05) is 0 Å². The highest BCUT2D eigenvalue weighted by Gasteiger charge is 2.18. The van der Waals surface area contributed by atoms with Crippen LogP contribution in [0.3, 0.4) is 0 Å². The van der Waals surface area contributed by atoms with Gasteiger partial charge in [0, 0.05) is 19.7 Å². The fourth-order valence-corrected chi connectivity index (χ4v) is 2.07. The van der Waals surface area contributed by atoms with E-state index in [9.17, 15) is 22.0 Å². The first-order valence-electron chi connectivity index (χ1n) is 5.13. The molecule has 1 aromatic carbocycles. The SMILES string of the molecule is CN(CCC(=O)O)S(=O)(=O)Nc1ccc(F)c(F)c1. The van der Waals surface area contributed by atoms with Gasteiger partial charge < -0.3 is 5.11 Å². The summed E-state index contributed by atoms with van der Waals surface area (Å²) in [6, 6.07) is 2.53. The van der Waals surface area contributed by atoms with Gasteiger partial charge in [0.2, 0.25) is 0 Å². The van der Waals surface area contributed by atoms with Gasteiger partial charge in [-0.3, -0.25) is 9.52 Å². The quantitative estimate of drug-likeness (QED) is 0.820. The number of rotatable bonds is 6. The number of carboxylic acid groups (broad SMARTS) is 1. The average Bonchev–Trinajstić information content (AvgIpc) is 2.30. The molecule has 0 bridgehead atoms. The zero-order chi connectivity index (χ0) is 14.6. The van der Waals surface area contributed by atoms with E-state index in [1.54, 1.807) is 0 Å². The molecule has 0 spiro atoms. The van der Waals surface area contributed by atoms with Crippen LogP contribution in [0.4, 0.5) is 14.5 Å². The second-order valence-corrected chi connectivity index (χ2v) is 5.48. The summed E-state index contributed by atoms with van der Waals surface area (Å²) < 4.78 is 51.8. The Labute approximate surface area is 108 Å². The molecular weight excluding hydrogens is 282 g/mol. The molecule has 0 saturated heterocycles. The average molecular weight is 294 g/mol. The predicted octanol–water partition coefficient (Wildman–Crippen LogP) is 1.03. The zero-order valence-electron chi connectivity index (χ0n) is 9.93. The van der Waals surface area contributed by atoms with Crippen LogP contribution in [-0.2, 0) is 15.0 Å². The molecule has 0 atom stereocenters. The lowest BCUT2D eigenvalue weighted by molar-refractivity contribution is -0.137. The van der Waals surface area contributed by atoms with Crippen molar-refractivity contribution in [2.24, 2.45) is 0 Å². The van der Waals surface area contributed by atoms with Crippen LogP contribution >= 0.6 is 0 Å². The number of carbonyl (C=O) groups is 1. The van der Waals surface area contributed by atoms with Gasteiger partial charge in [-0.25, -0.2) is 8.78 Å². The van der Waals surface area contributed by atoms with E-state index in [0.29, 0.717) is 6.07 Å². The van der Waals surface area contributed by atoms with E-state index in [4.69, 9.17) is 5.11 Å². The fourth-order valence-electron chi connectivity index (χ4n) is 1.16. The lowest BCUT2D eigenvalue weighted by Gasteiger charge is -2.17. The van der Waals surface area contributed by atoms with Crippen molar-refractivity contribution in [3.8, 4) is 0 Å². The van der Waals surface area contributed by atoms with Crippen LogP contribution in [0.1, 0.15) is 6.42 Å². The number of hydrogen-bond acceptors (Lipinski definition) is 3. The first-order chi connectivity index (χ1) is 8.72. The predicted molar refractivity (Wildman–Crippen MR) is 63.8 cm³/mol. The maximum Gasteiger partial charge on any atom is 0.304 e. The Morgan fingerprint density at radius 2 is 2.00 bits per heavy atom. The van der Waals surface area contributed by atoms with Crippen LogP contribution in [0.2, 0.25) is 0 Å². The van der Waals surface area contributed by atoms with Crippen LogP contribution < -0.4 is 4.72 Å². The number of halogens is 2. The number of benzene rings is 1. The van der Waals surface area contributed by atoms with Crippen LogP contribution in [-0.4, -0.2) is 37.4 Å². The number of nitrogens with one attached hydrogen (secondary N) is 1. The van der Waals surface area contributed by atoms with E-state index in [-0.39, 0.29) is 18.7 Å². The van der Waals surface area contributed by atoms with Crippen molar-refractivity contribution in [2.75, 3.05) is 18.3 Å². The smallest absolute Gasteiger partial charge is 0.304 e. The van der Waals surface area contributed by atoms with Gasteiger partial charge in [0.05, 0.1) is 12.1 Å². The van der Waals surface area contributed by atoms with Crippen molar-refractivity contribution in [2.45, 2.75) is 6.42 Å². The lowest BCUT2D eigenvalue weighted by Crippen LogP contribution is -2.34. The molecule has 1 aromatic rings. The largest absolute Gasteiger partial charge is 0.481 e. The third kappa shape index (κ3) is 4.45. The molecule has 2 N–H and O–H groups in total. The molecule has 9 heteroatoms. The summed E-state index contributed by atoms with van der Waals surface area (Å²) in [7, 11) is -2.84. The van der Waals surface area contributed by atoms with Crippen LogP contribution in [0.15, 0.2) is 18.2 Å². The summed E-state index contributed by atoms with van der Waals surface area (Å²) in [5, 5.41) is 8.45. The number of carboxylic acids is 1. The third-order valence-electron chi connectivity index (χ3n) is 2.22. The van der Waals surface area contributed by atoms with Crippen LogP contribution in [0.25, 0.3) is 0 Å². The van der Waals surface area contributed by atoms with Crippen molar-refractivity contribution in [1.82, 2.24) is 4.31 Å². The van der Waals surface area contributed by atoms with Gasteiger partial charge in [-0.15, -0.1) is 0 Å². The second kappa shape index (κ2) is 5.93. The standard InChI is InChI=1S/C10H12F2N2O4S/c1-14(5-4-10(15)16)19(17,18)13-7-2-3-8(11)9(12)6-7/h2-3,6,13H,4-5H2,1H3,(H,15,16). The van der Waals surface area contributed by atoms with Gasteiger partial charge in [0.25, 0.3) is 0 Å². The van der Waals surface area contributed by atoms with Gasteiger partial charge in [0.15, 0.2) is 11.6 Å². The number of aliphatic carboxylic acids is 1. The molecule has 0 aromatic heterocycles. The van der Waals surface area contributed by atoms with Crippen molar-refractivity contribution >= 4 is 21.9 Å². The molecule has 0 saturated carbocycles. The minimum Gasteiger partial charge on any atom is -0.481 e. The molecule has 0 aliphatic heterocycles. The Morgan fingerprint density at radius 3 is 2.53 bits per heavy atom. The Morgan fingerprint density at radius 1 is 1.37 bits per heavy atom. The maximum absolute atomic E-state index is 12.9. The van der Waals surface area contributed by atoms with E-state index >= 15 is 0 Å². The highest BCUT2D eigenvalue weighted by molar-refractivity contribution is 7.90. The molecule has 0 amide bonds. The summed E-state index contributed by atoms with van der Waals surface area (Å²) in [6.45, 7) is -0.242.